The second-order valence-electron chi connectivity index (χ2n) is 6.65. The summed E-state index contributed by atoms with van der Waals surface area (Å²) in [4.78, 5) is 32.0. The Balaban J connectivity index is 1.93. The molecule has 0 unspecified atom stereocenters. The lowest BCUT2D eigenvalue weighted by Crippen LogP contribution is -2.39. The minimum Gasteiger partial charge on any atom is -0.478 e. The van der Waals surface area contributed by atoms with Crippen LogP contribution in [-0.2, 0) is 0 Å². The van der Waals surface area contributed by atoms with Gasteiger partial charge in [-0.3, -0.25) is 19.8 Å². The first kappa shape index (κ1) is 24.3. The smallest absolute Gasteiger partial charge is 0.335 e. The molecule has 12 heteroatoms. The van der Waals surface area contributed by atoms with E-state index in [4.69, 9.17) is 12.2 Å². The van der Waals surface area contributed by atoms with Gasteiger partial charge in [0.05, 0.1) is 29.3 Å². The van der Waals surface area contributed by atoms with Crippen molar-refractivity contribution in [2.24, 2.45) is 0 Å². The third-order valence-electron chi connectivity index (χ3n) is 4.51. The summed E-state index contributed by atoms with van der Waals surface area (Å²) in [6, 6.07) is 8.91. The van der Waals surface area contributed by atoms with Gasteiger partial charge in [-0.15, -0.1) is 0 Å². The normalized spacial score (nSPS) is 10.6. The summed E-state index contributed by atoms with van der Waals surface area (Å²) in [5.74, 6) is -0.626. The van der Waals surface area contributed by atoms with E-state index in [2.05, 4.69) is 65.1 Å². The minimum absolute atomic E-state index is 0.145. The number of anilines is 4. The Labute approximate surface area is 226 Å². The molecule has 0 atom stereocenters. The van der Waals surface area contributed by atoms with E-state index in [9.17, 15) is 14.3 Å². The number of aromatic carboxylic acids is 1. The van der Waals surface area contributed by atoms with Gasteiger partial charge in [0.25, 0.3) is 0 Å². The molecule has 0 spiro atoms. The predicted octanol–water partition coefficient (Wildman–Crippen LogP) is 5.57. The number of hydrogen-bond donors (Lipinski definition) is 1. The Hall–Kier alpha value is -2.85. The van der Waals surface area contributed by atoms with Crippen LogP contribution in [0.3, 0.4) is 0 Å². The Morgan fingerprint density at radius 3 is 1.88 bits per heavy atom. The van der Waals surface area contributed by atoms with Gasteiger partial charge in [0, 0.05) is 31.9 Å². The molecule has 0 bridgehead atoms. The number of rotatable bonds is 5. The topological polar surface area (TPSA) is 95.3 Å². The highest BCUT2D eigenvalue weighted by molar-refractivity contribution is 14.1. The molecule has 2 aromatic carbocycles. The predicted molar refractivity (Wildman–Crippen MR) is 146 cm³/mol. The number of thiocarbonyl (C=S) groups is 1. The minimum atomic E-state index is -1.04. The van der Waals surface area contributed by atoms with Gasteiger partial charge in [-0.1, -0.05) is 0 Å². The van der Waals surface area contributed by atoms with Crippen LogP contribution in [0.25, 0.3) is 0 Å². The fraction of sp³-hybridized carbons (Fsp3) is 0. The van der Waals surface area contributed by atoms with Crippen LogP contribution in [0.1, 0.15) is 10.4 Å². The standard InChI is InChI=1S/C22H13FI2N6O2S/c23-14-1-3-15(4-2-14)30(18-11-26-5-7-28-18)22(34)31(19-12-27-6-8-29-19)20-16(24)9-13(21(32)33)10-17(20)25/h1-12H,(H,32,33). The SMILES string of the molecule is O=C(O)c1cc(I)c(N(C(=S)N(c2ccc(F)cc2)c2cnccn2)c2cnccn2)c(I)c1. The average Bonchev–Trinajstić information content (AvgIpc) is 2.83. The van der Waals surface area contributed by atoms with Crippen molar-refractivity contribution in [2.45, 2.75) is 0 Å². The molecule has 2 heterocycles. The molecule has 34 heavy (non-hydrogen) atoms. The molecule has 4 aromatic rings. The molecule has 8 nitrogen and oxygen atoms in total. The van der Waals surface area contributed by atoms with Crippen LogP contribution in [0.2, 0.25) is 0 Å². The van der Waals surface area contributed by atoms with Gasteiger partial charge in [0.15, 0.2) is 16.7 Å². The summed E-state index contributed by atoms with van der Waals surface area (Å²) in [6.45, 7) is 0. The van der Waals surface area contributed by atoms with E-state index < -0.39 is 11.8 Å². The highest BCUT2D eigenvalue weighted by Gasteiger charge is 2.29. The summed E-state index contributed by atoms with van der Waals surface area (Å²) >= 11 is 10.1. The van der Waals surface area contributed by atoms with Crippen molar-refractivity contribution < 1.29 is 14.3 Å². The molecule has 0 amide bonds. The van der Waals surface area contributed by atoms with E-state index in [-0.39, 0.29) is 10.7 Å². The van der Waals surface area contributed by atoms with E-state index in [1.807, 2.05) is 0 Å². The highest BCUT2D eigenvalue weighted by atomic mass is 127. The van der Waals surface area contributed by atoms with Gasteiger partial charge in [-0.25, -0.2) is 19.2 Å². The molecule has 0 radical (unpaired) electrons. The van der Waals surface area contributed by atoms with Crippen LogP contribution >= 0.6 is 57.4 Å². The van der Waals surface area contributed by atoms with Crippen molar-refractivity contribution in [3.05, 3.63) is 92.1 Å². The number of carbonyl (C=O) groups is 1. The number of carboxylic acids is 1. The van der Waals surface area contributed by atoms with Crippen molar-refractivity contribution in [3.63, 3.8) is 0 Å². The molecule has 170 valence electrons. The Bertz CT molecular complexity index is 1320. The Morgan fingerprint density at radius 2 is 1.41 bits per heavy atom. The van der Waals surface area contributed by atoms with E-state index >= 15 is 0 Å². The van der Waals surface area contributed by atoms with Crippen LogP contribution < -0.4 is 9.80 Å². The average molecular weight is 698 g/mol. The first-order valence-corrected chi connectivity index (χ1v) is 12.1. The van der Waals surface area contributed by atoms with Gasteiger partial charge >= 0.3 is 5.97 Å². The van der Waals surface area contributed by atoms with Crippen LogP contribution in [0.5, 0.6) is 0 Å². The quantitative estimate of drug-likeness (QED) is 0.212. The van der Waals surface area contributed by atoms with Crippen molar-refractivity contribution in [1.29, 1.82) is 0 Å². The second kappa shape index (κ2) is 10.6. The van der Waals surface area contributed by atoms with Crippen LogP contribution in [0.15, 0.2) is 73.6 Å². The monoisotopic (exact) mass is 698 g/mol. The lowest BCUT2D eigenvalue weighted by atomic mass is 10.2. The maximum absolute atomic E-state index is 13.7. The molecule has 1 N–H and O–H groups in total. The second-order valence-corrected chi connectivity index (χ2v) is 9.34. The number of carboxylic acid groups (broad SMARTS) is 1. The highest BCUT2D eigenvalue weighted by Crippen LogP contribution is 2.37. The molecule has 0 saturated carbocycles. The first-order valence-electron chi connectivity index (χ1n) is 9.51. The van der Waals surface area contributed by atoms with Crippen molar-refractivity contribution >= 4 is 91.5 Å². The maximum Gasteiger partial charge on any atom is 0.335 e. The summed E-state index contributed by atoms with van der Waals surface area (Å²) in [5.41, 5.74) is 1.31. The van der Waals surface area contributed by atoms with E-state index in [1.165, 1.54) is 43.1 Å². The van der Waals surface area contributed by atoms with E-state index in [0.29, 0.717) is 30.2 Å². The summed E-state index contributed by atoms with van der Waals surface area (Å²) in [5, 5.41) is 9.70. The Morgan fingerprint density at radius 1 is 0.882 bits per heavy atom. The number of aromatic nitrogens is 4. The summed E-state index contributed by atoms with van der Waals surface area (Å²) in [7, 11) is 0. The fourth-order valence-corrected chi connectivity index (χ4v) is 5.69. The van der Waals surface area contributed by atoms with Gasteiger partial charge in [0.2, 0.25) is 0 Å². The van der Waals surface area contributed by atoms with Gasteiger partial charge in [0.1, 0.15) is 5.82 Å². The lowest BCUT2D eigenvalue weighted by Gasteiger charge is -2.33. The van der Waals surface area contributed by atoms with E-state index in [0.717, 1.165) is 0 Å². The largest absolute Gasteiger partial charge is 0.478 e. The van der Waals surface area contributed by atoms with Crippen LogP contribution in [0.4, 0.5) is 27.4 Å². The molecule has 0 saturated heterocycles. The third kappa shape index (κ3) is 5.12. The number of nitrogens with zero attached hydrogens (tertiary/aromatic N) is 6. The molecule has 2 aromatic heterocycles. The molecule has 0 aliphatic carbocycles. The van der Waals surface area contributed by atoms with Gasteiger partial charge in [-0.05, 0) is 93.8 Å². The maximum atomic E-state index is 13.7. The molecular formula is C22H13FI2N6O2S. The molecule has 0 aliphatic rings. The van der Waals surface area contributed by atoms with Crippen LogP contribution in [0, 0.1) is 13.0 Å². The molecular weight excluding hydrogens is 685 g/mol. The zero-order valence-corrected chi connectivity index (χ0v) is 22.1. The fourth-order valence-electron chi connectivity index (χ4n) is 3.06. The summed E-state index contributed by atoms with van der Waals surface area (Å²) < 4.78 is 15.0. The molecule has 0 fully saturated rings. The number of hydrogen-bond acceptors (Lipinski definition) is 6. The van der Waals surface area contributed by atoms with Gasteiger partial charge in [-0.2, -0.15) is 0 Å². The van der Waals surface area contributed by atoms with E-state index in [1.54, 1.807) is 40.3 Å². The van der Waals surface area contributed by atoms with Crippen molar-refractivity contribution in [2.75, 3.05) is 9.80 Å². The lowest BCUT2D eigenvalue weighted by molar-refractivity contribution is 0.0696. The van der Waals surface area contributed by atoms with Crippen molar-refractivity contribution in [3.8, 4) is 0 Å². The Kier molecular flexibility index (Phi) is 7.57. The van der Waals surface area contributed by atoms with Crippen LogP contribution in [-0.4, -0.2) is 36.1 Å². The summed E-state index contributed by atoms with van der Waals surface area (Å²) in [6.07, 6.45) is 9.20. The number of benzene rings is 2. The third-order valence-corrected chi connectivity index (χ3v) is 6.52. The molecule has 4 rings (SSSR count). The zero-order chi connectivity index (χ0) is 24.2. The number of halogens is 3. The first-order chi connectivity index (χ1) is 16.4. The van der Waals surface area contributed by atoms with Gasteiger partial charge < -0.3 is 5.11 Å². The zero-order valence-electron chi connectivity index (χ0n) is 17.0. The van der Waals surface area contributed by atoms with Crippen molar-refractivity contribution in [1.82, 2.24) is 19.9 Å². The molecule has 0 aliphatic heterocycles.